The molecule has 2 aliphatic heterocycles. The minimum Gasteiger partial charge on any atom is -0.487 e. The normalized spacial score (nSPS) is 19.9. The Morgan fingerprint density at radius 1 is 1.03 bits per heavy atom. The smallest absolute Gasteiger partial charge is 0.416 e. The summed E-state index contributed by atoms with van der Waals surface area (Å²) in [6.45, 7) is 13.6. The first-order valence-electron chi connectivity index (χ1n) is 11.7. The number of rotatable bonds is 1. The van der Waals surface area contributed by atoms with Gasteiger partial charge < -0.3 is 19.1 Å². The summed E-state index contributed by atoms with van der Waals surface area (Å²) in [5, 5.41) is 0. The number of carbonyl (C=O) groups is 2. The summed E-state index contributed by atoms with van der Waals surface area (Å²) in [6.07, 6.45) is 2.85. The van der Waals surface area contributed by atoms with Crippen LogP contribution in [0.4, 0.5) is 15.4 Å². The van der Waals surface area contributed by atoms with Crippen LogP contribution in [-0.2, 0) is 9.47 Å². The molecule has 35 heavy (non-hydrogen) atoms. The third kappa shape index (κ3) is 5.16. The first-order chi connectivity index (χ1) is 16.3. The van der Waals surface area contributed by atoms with Gasteiger partial charge in [0.2, 0.25) is 0 Å². The molecule has 1 unspecified atom stereocenters. The van der Waals surface area contributed by atoms with Crippen molar-refractivity contribution in [2.45, 2.75) is 71.6 Å². The molecule has 0 radical (unpaired) electrons. The van der Waals surface area contributed by atoms with E-state index >= 15 is 0 Å². The standard InChI is InChI=1S/C25H33N5O5/c1-16-17(19-26-10-8-11-27-19)13-18-20(28-16)30(22(32)35-24(5,6)7)25(15-33-18)9-12-29(14-25)21(31)34-23(2,3)4/h8,10-11,13H,9,12,14-15H2,1-7H3. The predicted molar refractivity (Wildman–Crippen MR) is 129 cm³/mol. The second-order valence-electron chi connectivity index (χ2n) is 11.0. The van der Waals surface area contributed by atoms with Crippen LogP contribution in [0.15, 0.2) is 24.5 Å². The van der Waals surface area contributed by atoms with Gasteiger partial charge in [-0.05, 0) is 67.0 Å². The maximum atomic E-state index is 13.6. The number of anilines is 1. The zero-order valence-corrected chi connectivity index (χ0v) is 21.4. The Bertz CT molecular complexity index is 1130. The number of hydrogen-bond donors (Lipinski definition) is 0. The van der Waals surface area contributed by atoms with Gasteiger partial charge >= 0.3 is 12.2 Å². The highest BCUT2D eigenvalue weighted by Crippen LogP contribution is 2.44. The summed E-state index contributed by atoms with van der Waals surface area (Å²) >= 11 is 0. The van der Waals surface area contributed by atoms with Crippen LogP contribution in [0.3, 0.4) is 0 Å². The number of carbonyl (C=O) groups excluding carboxylic acids is 2. The monoisotopic (exact) mass is 483 g/mol. The number of ether oxygens (including phenoxy) is 3. The van der Waals surface area contributed by atoms with Gasteiger partial charge in [0.05, 0.1) is 12.2 Å². The molecule has 2 amide bonds. The number of nitrogens with zero attached hydrogens (tertiary/aromatic N) is 5. The topological polar surface area (TPSA) is 107 Å². The van der Waals surface area contributed by atoms with Crippen LogP contribution in [0, 0.1) is 6.92 Å². The number of amides is 2. The van der Waals surface area contributed by atoms with Crippen molar-refractivity contribution in [3.8, 4) is 17.1 Å². The molecule has 0 aliphatic carbocycles. The number of aromatic nitrogens is 3. The van der Waals surface area contributed by atoms with E-state index in [4.69, 9.17) is 19.2 Å². The summed E-state index contributed by atoms with van der Waals surface area (Å²) in [5.41, 5.74) is -0.816. The lowest BCUT2D eigenvalue weighted by molar-refractivity contribution is 0.0260. The summed E-state index contributed by atoms with van der Waals surface area (Å²) in [4.78, 5) is 42.9. The molecule has 4 heterocycles. The number of fused-ring (bicyclic) bond motifs is 1. The van der Waals surface area contributed by atoms with E-state index in [1.807, 2.05) is 48.5 Å². The Hall–Kier alpha value is -3.43. The molecule has 0 bridgehead atoms. The van der Waals surface area contributed by atoms with E-state index in [2.05, 4.69) is 9.97 Å². The number of likely N-dealkylation sites (tertiary alicyclic amines) is 1. The van der Waals surface area contributed by atoms with Crippen LogP contribution < -0.4 is 9.64 Å². The molecule has 4 rings (SSSR count). The maximum Gasteiger partial charge on any atom is 0.416 e. The predicted octanol–water partition coefficient (Wildman–Crippen LogP) is 4.36. The number of hydrogen-bond acceptors (Lipinski definition) is 8. The van der Waals surface area contributed by atoms with Gasteiger partial charge in [0.15, 0.2) is 17.4 Å². The SMILES string of the molecule is Cc1nc2c(cc1-c1ncccn1)OCC1(CCN(C(=O)OC(C)(C)C)C1)N2C(=O)OC(C)(C)C. The van der Waals surface area contributed by atoms with Crippen LogP contribution in [0.25, 0.3) is 11.4 Å². The quantitative estimate of drug-likeness (QED) is 0.589. The second kappa shape index (κ2) is 8.66. The third-order valence-electron chi connectivity index (χ3n) is 5.71. The Morgan fingerprint density at radius 2 is 1.66 bits per heavy atom. The van der Waals surface area contributed by atoms with E-state index < -0.39 is 28.9 Å². The molecule has 0 N–H and O–H groups in total. The van der Waals surface area contributed by atoms with Crippen molar-refractivity contribution in [2.75, 3.05) is 24.6 Å². The molecule has 1 saturated heterocycles. The minimum absolute atomic E-state index is 0.179. The molecule has 1 atom stereocenters. The second-order valence-corrected chi connectivity index (χ2v) is 11.0. The lowest BCUT2D eigenvalue weighted by Crippen LogP contribution is -2.61. The van der Waals surface area contributed by atoms with Crippen molar-refractivity contribution >= 4 is 18.0 Å². The molecule has 1 spiro atoms. The van der Waals surface area contributed by atoms with Crippen molar-refractivity contribution in [1.82, 2.24) is 19.9 Å². The Kier molecular flexibility index (Phi) is 6.11. The third-order valence-corrected chi connectivity index (χ3v) is 5.71. The largest absolute Gasteiger partial charge is 0.487 e. The van der Waals surface area contributed by atoms with Crippen LogP contribution in [0.2, 0.25) is 0 Å². The fraction of sp³-hybridized carbons (Fsp3) is 0.560. The highest BCUT2D eigenvalue weighted by atomic mass is 16.6. The zero-order valence-electron chi connectivity index (χ0n) is 21.4. The van der Waals surface area contributed by atoms with Crippen molar-refractivity contribution in [2.24, 2.45) is 0 Å². The van der Waals surface area contributed by atoms with Crippen LogP contribution >= 0.6 is 0 Å². The van der Waals surface area contributed by atoms with E-state index in [0.29, 0.717) is 41.6 Å². The molecular weight excluding hydrogens is 450 g/mol. The fourth-order valence-corrected chi connectivity index (χ4v) is 4.23. The van der Waals surface area contributed by atoms with Gasteiger partial charge in [-0.1, -0.05) is 0 Å². The van der Waals surface area contributed by atoms with Gasteiger partial charge in [-0.2, -0.15) is 0 Å². The molecule has 0 saturated carbocycles. The van der Waals surface area contributed by atoms with Crippen molar-refractivity contribution in [3.05, 3.63) is 30.2 Å². The van der Waals surface area contributed by atoms with Gasteiger partial charge in [0.1, 0.15) is 23.3 Å². The molecule has 0 aromatic carbocycles. The van der Waals surface area contributed by atoms with Gasteiger partial charge in [-0.3, -0.25) is 0 Å². The minimum atomic E-state index is -0.837. The maximum absolute atomic E-state index is 13.6. The van der Waals surface area contributed by atoms with E-state index in [9.17, 15) is 9.59 Å². The first-order valence-corrected chi connectivity index (χ1v) is 11.7. The van der Waals surface area contributed by atoms with E-state index in [1.54, 1.807) is 34.3 Å². The Balaban J connectivity index is 1.73. The number of aryl methyl sites for hydroxylation is 1. The summed E-state index contributed by atoms with van der Waals surface area (Å²) < 4.78 is 17.5. The summed E-state index contributed by atoms with van der Waals surface area (Å²) in [6, 6.07) is 3.55. The lowest BCUT2D eigenvalue weighted by atomic mass is 9.95. The van der Waals surface area contributed by atoms with Crippen LogP contribution in [0.5, 0.6) is 5.75 Å². The van der Waals surface area contributed by atoms with Gasteiger partial charge in [-0.25, -0.2) is 29.4 Å². The summed E-state index contributed by atoms with van der Waals surface area (Å²) in [7, 11) is 0. The van der Waals surface area contributed by atoms with Gasteiger partial charge in [-0.15, -0.1) is 0 Å². The molecule has 188 valence electrons. The zero-order chi connectivity index (χ0) is 25.6. The fourth-order valence-electron chi connectivity index (χ4n) is 4.23. The highest BCUT2D eigenvalue weighted by molar-refractivity contribution is 5.92. The Morgan fingerprint density at radius 3 is 2.29 bits per heavy atom. The van der Waals surface area contributed by atoms with Crippen molar-refractivity contribution in [1.29, 1.82) is 0 Å². The molecule has 2 aliphatic rings. The molecule has 10 heteroatoms. The average molecular weight is 484 g/mol. The van der Waals surface area contributed by atoms with E-state index in [1.165, 1.54) is 0 Å². The highest BCUT2D eigenvalue weighted by Gasteiger charge is 2.53. The van der Waals surface area contributed by atoms with Crippen molar-refractivity contribution < 1.29 is 23.8 Å². The average Bonchev–Trinajstić information content (AvgIpc) is 3.16. The molecule has 2 aromatic rings. The Labute approximate surface area is 205 Å². The van der Waals surface area contributed by atoms with E-state index in [-0.39, 0.29) is 13.2 Å². The van der Waals surface area contributed by atoms with E-state index in [0.717, 1.165) is 0 Å². The summed E-state index contributed by atoms with van der Waals surface area (Å²) in [5.74, 6) is 1.31. The molecule has 10 nitrogen and oxygen atoms in total. The molecule has 2 aromatic heterocycles. The van der Waals surface area contributed by atoms with Crippen molar-refractivity contribution in [3.63, 3.8) is 0 Å². The molecular formula is C25H33N5O5. The first kappa shape index (κ1) is 24.7. The lowest BCUT2D eigenvalue weighted by Gasteiger charge is -2.44. The van der Waals surface area contributed by atoms with Gasteiger partial charge in [0, 0.05) is 24.5 Å². The van der Waals surface area contributed by atoms with Crippen LogP contribution in [0.1, 0.15) is 53.7 Å². The molecule has 1 fully saturated rings. The number of pyridine rings is 1. The van der Waals surface area contributed by atoms with Crippen LogP contribution in [-0.4, -0.2) is 68.5 Å². The van der Waals surface area contributed by atoms with Gasteiger partial charge in [0.25, 0.3) is 0 Å².